The van der Waals surface area contributed by atoms with Gasteiger partial charge in [-0.1, -0.05) is 91.0 Å². The van der Waals surface area contributed by atoms with Gasteiger partial charge in [0, 0.05) is 34.3 Å². The summed E-state index contributed by atoms with van der Waals surface area (Å²) in [5, 5.41) is 8.48. The number of para-hydroxylation sites is 3. The minimum atomic E-state index is 0.654. The van der Waals surface area contributed by atoms with E-state index in [9.17, 15) is 0 Å². The maximum atomic E-state index is 5.14. The summed E-state index contributed by atoms with van der Waals surface area (Å²) in [6, 6.07) is 42.8. The van der Waals surface area contributed by atoms with Crippen molar-refractivity contribution in [1.82, 2.24) is 18.7 Å². The van der Waals surface area contributed by atoms with Crippen LogP contribution in [0.3, 0.4) is 0 Å². The van der Waals surface area contributed by atoms with Crippen LogP contribution in [0.25, 0.3) is 55.2 Å². The highest BCUT2D eigenvalue weighted by atomic mass is 15.3. The summed E-state index contributed by atoms with van der Waals surface area (Å²) >= 11 is 0. The molecule has 0 amide bonds. The molecule has 0 spiro atoms. The van der Waals surface area contributed by atoms with Gasteiger partial charge in [0.1, 0.15) is 0 Å². The fourth-order valence-electron chi connectivity index (χ4n) is 6.65. The molecule has 8 aromatic rings. The van der Waals surface area contributed by atoms with Gasteiger partial charge >= 0.3 is 0 Å². The first-order valence-corrected chi connectivity index (χ1v) is 14.2. The largest absolute Gasteiger partial charge is 0.363 e. The predicted octanol–water partition coefficient (Wildman–Crippen LogP) is 8.16. The van der Waals surface area contributed by atoms with Gasteiger partial charge < -0.3 is 9.88 Å². The second-order valence-corrected chi connectivity index (χ2v) is 10.8. The van der Waals surface area contributed by atoms with Gasteiger partial charge in [-0.3, -0.25) is 9.13 Å². The number of aliphatic imine (C=N–C) groups is 1. The molecule has 3 aromatic heterocycles. The zero-order valence-electron chi connectivity index (χ0n) is 23.0. The van der Waals surface area contributed by atoms with Crippen molar-refractivity contribution in [3.63, 3.8) is 0 Å². The molecular weight excluding hydrogens is 516 g/mol. The summed E-state index contributed by atoms with van der Waals surface area (Å²) in [6.07, 6.45) is 0. The Hall–Kier alpha value is -5.62. The van der Waals surface area contributed by atoms with Crippen LogP contribution in [-0.2, 0) is 7.05 Å². The Kier molecular flexibility index (Phi) is 4.78. The van der Waals surface area contributed by atoms with Gasteiger partial charge in [-0.2, -0.15) is 4.98 Å². The minimum absolute atomic E-state index is 0.654. The number of imidazole rings is 1. The van der Waals surface area contributed by atoms with Gasteiger partial charge in [0.2, 0.25) is 5.95 Å². The molecule has 1 N–H and O–H groups in total. The van der Waals surface area contributed by atoms with Crippen LogP contribution >= 0.6 is 0 Å². The zero-order chi connectivity index (χ0) is 27.8. The molecule has 9 rings (SSSR count). The van der Waals surface area contributed by atoms with Crippen molar-refractivity contribution >= 4 is 61.0 Å². The van der Waals surface area contributed by atoms with E-state index in [2.05, 4.69) is 129 Å². The normalized spacial score (nSPS) is 13.1. The maximum Gasteiger partial charge on any atom is 0.218 e. The molecule has 0 atom stereocenters. The van der Waals surface area contributed by atoms with E-state index in [1.54, 1.807) is 0 Å². The van der Waals surface area contributed by atoms with Crippen molar-refractivity contribution in [1.29, 1.82) is 0 Å². The summed E-state index contributed by atoms with van der Waals surface area (Å²) in [5.74, 6) is 2.47. The van der Waals surface area contributed by atoms with Crippen LogP contribution in [-0.4, -0.2) is 30.9 Å². The lowest BCUT2D eigenvalue weighted by Crippen LogP contribution is -2.20. The summed E-state index contributed by atoms with van der Waals surface area (Å²) < 4.78 is 6.82. The molecule has 6 heteroatoms. The highest BCUT2D eigenvalue weighted by molar-refractivity contribution is 6.26. The summed E-state index contributed by atoms with van der Waals surface area (Å²) in [6.45, 7) is 0.654. The van der Waals surface area contributed by atoms with Crippen molar-refractivity contribution in [2.24, 2.45) is 12.0 Å². The number of fused-ring (bicyclic) bond motifs is 8. The van der Waals surface area contributed by atoms with Crippen LogP contribution < -0.4 is 5.32 Å². The highest BCUT2D eigenvalue weighted by Crippen LogP contribution is 2.42. The smallest absolute Gasteiger partial charge is 0.218 e. The van der Waals surface area contributed by atoms with E-state index >= 15 is 0 Å². The molecule has 0 fully saturated rings. The van der Waals surface area contributed by atoms with Gasteiger partial charge in [0.05, 0.1) is 34.3 Å². The maximum absolute atomic E-state index is 5.14. The molecule has 6 nitrogen and oxygen atoms in total. The third-order valence-electron chi connectivity index (χ3n) is 8.51. The third-order valence-corrected chi connectivity index (χ3v) is 8.51. The predicted molar refractivity (Wildman–Crippen MR) is 173 cm³/mol. The van der Waals surface area contributed by atoms with Crippen LogP contribution in [0, 0.1) is 0 Å². The Labute approximate surface area is 241 Å². The second kappa shape index (κ2) is 8.69. The zero-order valence-corrected chi connectivity index (χ0v) is 23.0. The van der Waals surface area contributed by atoms with E-state index in [1.165, 1.54) is 32.6 Å². The van der Waals surface area contributed by atoms with E-state index in [1.807, 2.05) is 18.2 Å². The van der Waals surface area contributed by atoms with Crippen molar-refractivity contribution < 1.29 is 0 Å². The molecule has 0 saturated heterocycles. The Balaban J connectivity index is 1.38. The summed E-state index contributed by atoms with van der Waals surface area (Å²) in [4.78, 5) is 10.1. The standard InChI is InChI=1S/C36H26N6/c1-40-35-34(38-28(22-37-35)23-12-4-2-5-13-23)39-36(40)42-30-19-11-9-17-27(30)32-31(42)21-20-26-25-16-8-10-18-29(25)41(33(26)32)24-14-6-3-7-15-24/h2-21,37H,22H2,1H3. The highest BCUT2D eigenvalue weighted by Gasteiger charge is 2.25. The third kappa shape index (κ3) is 3.14. The topological polar surface area (TPSA) is 52.1 Å². The number of hydrogen-bond donors (Lipinski definition) is 1. The number of aromatic nitrogens is 4. The molecule has 0 bridgehead atoms. The summed E-state index contributed by atoms with van der Waals surface area (Å²) in [7, 11) is 2.07. The van der Waals surface area contributed by atoms with Crippen LogP contribution in [0.5, 0.6) is 0 Å². The second-order valence-electron chi connectivity index (χ2n) is 10.8. The molecule has 4 heterocycles. The average Bonchev–Trinajstić information content (AvgIpc) is 3.68. The number of anilines is 1. The molecule has 42 heavy (non-hydrogen) atoms. The fourth-order valence-corrected chi connectivity index (χ4v) is 6.65. The van der Waals surface area contributed by atoms with E-state index < -0.39 is 0 Å². The Morgan fingerprint density at radius 3 is 2.07 bits per heavy atom. The first kappa shape index (κ1) is 23.1. The lowest BCUT2D eigenvalue weighted by molar-refractivity contribution is 0.849. The van der Waals surface area contributed by atoms with Crippen molar-refractivity contribution in [2.45, 2.75) is 0 Å². The van der Waals surface area contributed by atoms with Crippen LogP contribution in [0.4, 0.5) is 11.6 Å². The molecule has 5 aromatic carbocycles. The van der Waals surface area contributed by atoms with E-state index in [0.717, 1.165) is 39.8 Å². The van der Waals surface area contributed by atoms with E-state index in [4.69, 9.17) is 9.98 Å². The molecule has 0 unspecified atom stereocenters. The number of rotatable bonds is 3. The Morgan fingerprint density at radius 1 is 0.619 bits per heavy atom. The molecule has 0 radical (unpaired) electrons. The molecule has 200 valence electrons. The van der Waals surface area contributed by atoms with E-state index in [-0.39, 0.29) is 0 Å². The van der Waals surface area contributed by atoms with Crippen LogP contribution in [0.1, 0.15) is 5.56 Å². The molecule has 0 aliphatic carbocycles. The van der Waals surface area contributed by atoms with Crippen molar-refractivity contribution in [3.05, 3.63) is 127 Å². The van der Waals surface area contributed by atoms with Gasteiger partial charge in [0.25, 0.3) is 0 Å². The summed E-state index contributed by atoms with van der Waals surface area (Å²) in [5.41, 5.74) is 7.87. The Morgan fingerprint density at radius 2 is 1.29 bits per heavy atom. The SMILES string of the molecule is Cn1c(-n2c3ccccc3c3c2ccc2c4ccccc4n(-c4ccccc4)c23)nc2c1NCC(c1ccccc1)=N2. The molecular formula is C36H26N6. The number of nitrogens with zero attached hydrogens (tertiary/aromatic N) is 5. The van der Waals surface area contributed by atoms with Crippen molar-refractivity contribution in [2.75, 3.05) is 11.9 Å². The van der Waals surface area contributed by atoms with Crippen LogP contribution in [0.15, 0.2) is 126 Å². The van der Waals surface area contributed by atoms with E-state index in [0.29, 0.717) is 12.4 Å². The number of benzene rings is 5. The lowest BCUT2D eigenvalue weighted by atomic mass is 10.1. The fraction of sp³-hybridized carbons (Fsp3) is 0.0556. The quantitative estimate of drug-likeness (QED) is 0.245. The van der Waals surface area contributed by atoms with Crippen molar-refractivity contribution in [3.8, 4) is 11.6 Å². The van der Waals surface area contributed by atoms with Gasteiger partial charge in [0.15, 0.2) is 11.6 Å². The molecule has 1 aliphatic heterocycles. The van der Waals surface area contributed by atoms with Crippen LogP contribution in [0.2, 0.25) is 0 Å². The Bertz CT molecular complexity index is 2350. The minimum Gasteiger partial charge on any atom is -0.363 e. The molecule has 0 saturated carbocycles. The lowest BCUT2D eigenvalue weighted by Gasteiger charge is -2.15. The van der Waals surface area contributed by atoms with Gasteiger partial charge in [-0.15, -0.1) is 0 Å². The molecule has 1 aliphatic rings. The number of hydrogen-bond acceptors (Lipinski definition) is 3. The average molecular weight is 543 g/mol. The first-order chi connectivity index (χ1) is 20.8. The monoisotopic (exact) mass is 542 g/mol. The number of nitrogens with one attached hydrogen (secondary N) is 1. The first-order valence-electron chi connectivity index (χ1n) is 14.2. The van der Waals surface area contributed by atoms with Gasteiger partial charge in [-0.25, -0.2) is 4.99 Å². The van der Waals surface area contributed by atoms with Gasteiger partial charge in [-0.05, 0) is 35.9 Å².